The molecule has 1 heterocycles. The maximum atomic E-state index is 11.8. The van der Waals surface area contributed by atoms with E-state index in [2.05, 4.69) is 5.32 Å². The second kappa shape index (κ2) is 6.25. The zero-order valence-electron chi connectivity index (χ0n) is 12.0. The first-order valence-corrected chi connectivity index (χ1v) is 6.59. The summed E-state index contributed by atoms with van der Waals surface area (Å²) in [7, 11) is 0. The summed E-state index contributed by atoms with van der Waals surface area (Å²) >= 11 is 0. The van der Waals surface area contributed by atoms with Gasteiger partial charge in [0.05, 0.1) is 11.5 Å². The fraction of sp³-hybridized carbons (Fsp3) is 0.286. The Kier molecular flexibility index (Phi) is 4.40. The molecule has 0 radical (unpaired) electrons. The Morgan fingerprint density at radius 1 is 1.45 bits per heavy atom. The van der Waals surface area contributed by atoms with Crippen LogP contribution in [-0.2, 0) is 9.53 Å². The number of anilines is 1. The van der Waals surface area contributed by atoms with Crippen molar-refractivity contribution in [2.45, 2.75) is 19.9 Å². The number of nitrogens with zero attached hydrogens (tertiary/aromatic N) is 1. The number of hydrogen-bond donors (Lipinski definition) is 1. The van der Waals surface area contributed by atoms with Crippen LogP contribution in [0, 0.1) is 10.1 Å². The van der Waals surface area contributed by atoms with Gasteiger partial charge in [0.15, 0.2) is 0 Å². The summed E-state index contributed by atoms with van der Waals surface area (Å²) in [6.07, 6.45) is 0. The molecule has 1 atom stereocenters. The van der Waals surface area contributed by atoms with E-state index in [0.29, 0.717) is 5.39 Å². The van der Waals surface area contributed by atoms with Gasteiger partial charge in [0, 0.05) is 5.39 Å². The van der Waals surface area contributed by atoms with Crippen LogP contribution in [0.25, 0.3) is 11.0 Å². The summed E-state index contributed by atoms with van der Waals surface area (Å²) in [6.45, 7) is 3.33. The van der Waals surface area contributed by atoms with Gasteiger partial charge in [0.1, 0.15) is 17.3 Å². The maximum absolute atomic E-state index is 11.8. The van der Waals surface area contributed by atoms with Gasteiger partial charge in [0.2, 0.25) is 0 Å². The number of ether oxygens (including phenoxy) is 1. The molecule has 8 heteroatoms. The summed E-state index contributed by atoms with van der Waals surface area (Å²) in [6, 6.07) is 5.50. The molecule has 0 fully saturated rings. The Morgan fingerprint density at radius 3 is 2.77 bits per heavy atom. The van der Waals surface area contributed by atoms with E-state index in [9.17, 15) is 19.7 Å². The van der Waals surface area contributed by atoms with Crippen molar-refractivity contribution in [2.24, 2.45) is 0 Å². The van der Waals surface area contributed by atoms with E-state index in [1.54, 1.807) is 25.1 Å². The van der Waals surface area contributed by atoms with Gasteiger partial charge in [-0.05, 0) is 26.0 Å². The topological polar surface area (TPSA) is 112 Å². The van der Waals surface area contributed by atoms with Crippen LogP contribution in [-0.4, -0.2) is 23.5 Å². The van der Waals surface area contributed by atoms with Crippen LogP contribution in [0.15, 0.2) is 33.5 Å². The van der Waals surface area contributed by atoms with Gasteiger partial charge in [0.25, 0.3) is 0 Å². The predicted octanol–water partition coefficient (Wildman–Crippen LogP) is 2.06. The second-order valence-electron chi connectivity index (χ2n) is 4.48. The zero-order chi connectivity index (χ0) is 16.3. The van der Waals surface area contributed by atoms with Crippen LogP contribution in [0.5, 0.6) is 0 Å². The number of benzene rings is 1. The van der Waals surface area contributed by atoms with Crippen LogP contribution in [0.1, 0.15) is 13.8 Å². The summed E-state index contributed by atoms with van der Waals surface area (Å²) in [5.41, 5.74) is -1.69. The quantitative estimate of drug-likeness (QED) is 0.389. The van der Waals surface area contributed by atoms with Crippen molar-refractivity contribution in [2.75, 3.05) is 11.9 Å². The first kappa shape index (κ1) is 15.5. The molecule has 0 saturated carbocycles. The minimum Gasteiger partial charge on any atom is -0.464 e. The summed E-state index contributed by atoms with van der Waals surface area (Å²) < 4.78 is 9.78. The number of fused-ring (bicyclic) bond motifs is 1. The van der Waals surface area contributed by atoms with E-state index in [1.807, 2.05) is 0 Å². The first-order chi connectivity index (χ1) is 10.5. The van der Waals surface area contributed by atoms with Crippen molar-refractivity contribution in [3.8, 4) is 0 Å². The molecule has 1 aromatic carbocycles. The van der Waals surface area contributed by atoms with Crippen LogP contribution in [0.3, 0.4) is 0 Å². The Bertz CT molecular complexity index is 782. The Morgan fingerprint density at radius 2 is 2.14 bits per heavy atom. The standard InChI is InChI=1S/C14H14N2O6/c1-3-21-13(17)8(2)15-11-9-6-4-5-7-10(9)22-14(18)12(11)16(19)20/h4-8,15H,3H2,1-2H3. The van der Waals surface area contributed by atoms with Crippen LogP contribution >= 0.6 is 0 Å². The molecule has 1 aromatic heterocycles. The van der Waals surface area contributed by atoms with Gasteiger partial charge in [-0.25, -0.2) is 9.59 Å². The lowest BCUT2D eigenvalue weighted by molar-refractivity contribution is -0.386. The molecule has 0 amide bonds. The minimum absolute atomic E-state index is 0.0580. The third-order valence-corrected chi connectivity index (χ3v) is 2.97. The van der Waals surface area contributed by atoms with Gasteiger partial charge in [-0.15, -0.1) is 0 Å². The van der Waals surface area contributed by atoms with Gasteiger partial charge in [-0.1, -0.05) is 12.1 Å². The second-order valence-corrected chi connectivity index (χ2v) is 4.48. The third kappa shape index (κ3) is 2.90. The molecule has 116 valence electrons. The summed E-state index contributed by atoms with van der Waals surface area (Å²) in [4.78, 5) is 33.8. The molecule has 8 nitrogen and oxygen atoms in total. The lowest BCUT2D eigenvalue weighted by Crippen LogP contribution is -2.29. The fourth-order valence-corrected chi connectivity index (χ4v) is 1.99. The maximum Gasteiger partial charge on any atom is 0.417 e. The minimum atomic E-state index is -1.08. The highest BCUT2D eigenvalue weighted by molar-refractivity contribution is 5.96. The number of carbonyl (C=O) groups is 1. The van der Waals surface area contributed by atoms with Gasteiger partial charge >= 0.3 is 17.3 Å². The van der Waals surface area contributed by atoms with Gasteiger partial charge in [-0.3, -0.25) is 10.1 Å². The fourth-order valence-electron chi connectivity index (χ4n) is 1.99. The van der Waals surface area contributed by atoms with Crippen LogP contribution in [0.4, 0.5) is 11.4 Å². The highest BCUT2D eigenvalue weighted by atomic mass is 16.6. The number of rotatable bonds is 5. The number of nitrogens with one attached hydrogen (secondary N) is 1. The van der Waals surface area contributed by atoms with E-state index < -0.39 is 28.2 Å². The average Bonchev–Trinajstić information content (AvgIpc) is 2.46. The number of hydrogen-bond acceptors (Lipinski definition) is 7. The molecule has 0 saturated heterocycles. The molecule has 2 aromatic rings. The van der Waals surface area contributed by atoms with Crippen molar-refractivity contribution in [1.29, 1.82) is 0 Å². The Labute approximate surface area is 124 Å². The van der Waals surface area contributed by atoms with Crippen molar-refractivity contribution < 1.29 is 18.9 Å². The average molecular weight is 306 g/mol. The highest BCUT2D eigenvalue weighted by Crippen LogP contribution is 2.30. The molecule has 2 rings (SSSR count). The monoisotopic (exact) mass is 306 g/mol. The number of carbonyl (C=O) groups excluding carboxylic acids is 1. The smallest absolute Gasteiger partial charge is 0.417 e. The molecule has 0 bridgehead atoms. The molecule has 0 spiro atoms. The highest BCUT2D eigenvalue weighted by Gasteiger charge is 2.27. The van der Waals surface area contributed by atoms with E-state index in [4.69, 9.17) is 9.15 Å². The molecular formula is C14H14N2O6. The van der Waals surface area contributed by atoms with E-state index in [1.165, 1.54) is 13.0 Å². The third-order valence-electron chi connectivity index (χ3n) is 2.97. The lowest BCUT2D eigenvalue weighted by atomic mass is 10.1. The van der Waals surface area contributed by atoms with Crippen molar-refractivity contribution in [3.05, 3.63) is 44.8 Å². The zero-order valence-corrected chi connectivity index (χ0v) is 12.0. The largest absolute Gasteiger partial charge is 0.464 e. The number of para-hydroxylation sites is 1. The van der Waals surface area contributed by atoms with E-state index in [-0.39, 0.29) is 17.9 Å². The van der Waals surface area contributed by atoms with E-state index in [0.717, 1.165) is 0 Å². The van der Waals surface area contributed by atoms with Crippen molar-refractivity contribution >= 4 is 28.3 Å². The Hall–Kier alpha value is -2.90. The van der Waals surface area contributed by atoms with E-state index >= 15 is 0 Å². The number of nitro groups is 1. The molecule has 0 aliphatic rings. The molecule has 1 unspecified atom stereocenters. The summed E-state index contributed by atoms with van der Waals surface area (Å²) in [5.74, 6) is -0.575. The Balaban J connectivity index is 2.59. The molecule has 1 N–H and O–H groups in total. The molecular weight excluding hydrogens is 292 g/mol. The summed E-state index contributed by atoms with van der Waals surface area (Å²) in [5, 5.41) is 14.2. The van der Waals surface area contributed by atoms with Crippen molar-refractivity contribution in [3.63, 3.8) is 0 Å². The molecule has 0 aliphatic heterocycles. The van der Waals surface area contributed by atoms with Crippen LogP contribution < -0.4 is 10.9 Å². The SMILES string of the molecule is CCOC(=O)C(C)Nc1c([N+](=O)[O-])c(=O)oc2ccccc12. The number of esters is 1. The molecule has 0 aliphatic carbocycles. The lowest BCUT2D eigenvalue weighted by Gasteiger charge is -2.14. The van der Waals surface area contributed by atoms with Crippen molar-refractivity contribution in [1.82, 2.24) is 0 Å². The van der Waals surface area contributed by atoms with Gasteiger partial charge in [-0.2, -0.15) is 0 Å². The predicted molar refractivity (Wildman–Crippen MR) is 78.9 cm³/mol. The van der Waals surface area contributed by atoms with Crippen LogP contribution in [0.2, 0.25) is 0 Å². The first-order valence-electron chi connectivity index (χ1n) is 6.59. The molecule has 22 heavy (non-hydrogen) atoms. The normalized spacial score (nSPS) is 11.9. The van der Waals surface area contributed by atoms with Gasteiger partial charge < -0.3 is 14.5 Å².